The van der Waals surface area contributed by atoms with Crippen molar-refractivity contribution >= 4 is 17.6 Å². The van der Waals surface area contributed by atoms with Gasteiger partial charge in [-0.25, -0.2) is 8.78 Å². The average Bonchev–Trinajstić information content (AvgIpc) is 2.80. The van der Waals surface area contributed by atoms with Gasteiger partial charge in [-0.05, 0) is 37.6 Å². The molecule has 6 heteroatoms. The zero-order valence-electron chi connectivity index (χ0n) is 10.2. The van der Waals surface area contributed by atoms with E-state index in [9.17, 15) is 13.6 Å². The van der Waals surface area contributed by atoms with Gasteiger partial charge < -0.3 is 5.11 Å². The first kappa shape index (κ1) is 14.2. The van der Waals surface area contributed by atoms with Crippen LogP contribution in [0.15, 0.2) is 18.2 Å². The molecule has 3 nitrogen and oxygen atoms in total. The highest BCUT2D eigenvalue weighted by Crippen LogP contribution is 2.28. The van der Waals surface area contributed by atoms with Crippen LogP contribution < -0.4 is 0 Å². The van der Waals surface area contributed by atoms with Crippen molar-refractivity contribution in [2.75, 3.05) is 13.1 Å². The van der Waals surface area contributed by atoms with Gasteiger partial charge in [0.15, 0.2) is 0 Å². The lowest BCUT2D eigenvalue weighted by Gasteiger charge is -2.24. The van der Waals surface area contributed by atoms with E-state index >= 15 is 0 Å². The van der Waals surface area contributed by atoms with Gasteiger partial charge in [0, 0.05) is 12.1 Å². The summed E-state index contributed by atoms with van der Waals surface area (Å²) in [7, 11) is 0. The second-order valence-corrected chi connectivity index (χ2v) is 5.15. The van der Waals surface area contributed by atoms with Crippen molar-refractivity contribution in [1.82, 2.24) is 4.90 Å². The normalized spacial score (nSPS) is 21.5. The number of alkyl halides is 1. The molecule has 1 aliphatic heterocycles. The Morgan fingerprint density at radius 3 is 2.95 bits per heavy atom. The maximum Gasteiger partial charge on any atom is 0.320 e. The Hall–Kier alpha value is -1.20. The van der Waals surface area contributed by atoms with Crippen molar-refractivity contribution in [2.24, 2.45) is 0 Å². The Labute approximate surface area is 114 Å². The van der Waals surface area contributed by atoms with Crippen molar-refractivity contribution in [2.45, 2.75) is 24.3 Å². The summed E-state index contributed by atoms with van der Waals surface area (Å²) in [4.78, 5) is 12.7. The zero-order chi connectivity index (χ0) is 14.0. The van der Waals surface area contributed by atoms with Gasteiger partial charge in [0.1, 0.15) is 17.7 Å². The van der Waals surface area contributed by atoms with Gasteiger partial charge in [-0.2, -0.15) is 0 Å². The lowest BCUT2D eigenvalue weighted by atomic mass is 10.1. The number of halogens is 3. The summed E-state index contributed by atoms with van der Waals surface area (Å²) in [5.41, 5.74) is 0.0673. The number of carbonyl (C=O) groups is 1. The molecule has 2 rings (SSSR count). The molecule has 0 bridgehead atoms. The topological polar surface area (TPSA) is 40.5 Å². The predicted octanol–water partition coefficient (Wildman–Crippen LogP) is 2.79. The van der Waals surface area contributed by atoms with Gasteiger partial charge >= 0.3 is 5.97 Å². The molecule has 0 spiro atoms. The fourth-order valence-corrected chi connectivity index (χ4v) is 2.73. The highest BCUT2D eigenvalue weighted by Gasteiger charge is 2.32. The molecule has 1 N–H and O–H groups in total. The first-order valence-electron chi connectivity index (χ1n) is 6.05. The minimum absolute atomic E-state index is 0.0673. The number of aliphatic carboxylic acids is 1. The third-order valence-corrected chi connectivity index (χ3v) is 3.71. The van der Waals surface area contributed by atoms with E-state index in [1.807, 2.05) is 0 Å². The second kappa shape index (κ2) is 5.84. The van der Waals surface area contributed by atoms with E-state index in [-0.39, 0.29) is 12.1 Å². The Kier molecular flexibility index (Phi) is 4.37. The summed E-state index contributed by atoms with van der Waals surface area (Å²) < 4.78 is 26.7. The molecular formula is C13H14ClF2NO2. The van der Waals surface area contributed by atoms with Crippen LogP contribution in [0.2, 0.25) is 0 Å². The molecule has 1 aromatic rings. The van der Waals surface area contributed by atoms with Crippen molar-refractivity contribution in [3.8, 4) is 0 Å². The summed E-state index contributed by atoms with van der Waals surface area (Å²) in [5.74, 6) is -2.04. The van der Waals surface area contributed by atoms with Crippen LogP contribution in [0.4, 0.5) is 8.78 Å². The number of benzene rings is 1. The highest BCUT2D eigenvalue weighted by molar-refractivity contribution is 6.21. The second-order valence-electron chi connectivity index (χ2n) is 4.62. The Morgan fingerprint density at radius 2 is 2.26 bits per heavy atom. The third kappa shape index (κ3) is 3.22. The van der Waals surface area contributed by atoms with Crippen LogP contribution >= 0.6 is 11.6 Å². The van der Waals surface area contributed by atoms with Gasteiger partial charge in [0.05, 0.1) is 5.38 Å². The number of rotatable bonds is 4. The van der Waals surface area contributed by atoms with E-state index in [2.05, 4.69) is 0 Å². The van der Waals surface area contributed by atoms with Gasteiger partial charge in [-0.1, -0.05) is 0 Å². The fraction of sp³-hybridized carbons (Fsp3) is 0.462. The van der Waals surface area contributed by atoms with Gasteiger partial charge in [0.2, 0.25) is 0 Å². The van der Waals surface area contributed by atoms with Gasteiger partial charge in [-0.3, -0.25) is 9.69 Å². The van der Waals surface area contributed by atoms with E-state index in [1.165, 1.54) is 0 Å². The predicted molar refractivity (Wildman–Crippen MR) is 67.2 cm³/mol. The number of nitrogens with zero attached hydrogens (tertiary/aromatic N) is 1. The van der Waals surface area contributed by atoms with E-state index in [0.29, 0.717) is 13.0 Å². The molecule has 104 valence electrons. The molecule has 1 heterocycles. The summed E-state index contributed by atoms with van der Waals surface area (Å²) in [6.45, 7) is 0.802. The first-order valence-corrected chi connectivity index (χ1v) is 6.48. The molecule has 2 unspecified atom stereocenters. The monoisotopic (exact) mass is 289 g/mol. The maximum atomic E-state index is 13.6. The van der Waals surface area contributed by atoms with Crippen LogP contribution in [0.3, 0.4) is 0 Å². The van der Waals surface area contributed by atoms with Crippen molar-refractivity contribution in [1.29, 1.82) is 0 Å². The van der Waals surface area contributed by atoms with Crippen LogP contribution in [0.5, 0.6) is 0 Å². The fourth-order valence-electron chi connectivity index (χ4n) is 2.38. The molecule has 1 fully saturated rings. The molecule has 0 saturated carbocycles. The van der Waals surface area contributed by atoms with Crippen LogP contribution in [-0.4, -0.2) is 35.1 Å². The molecule has 19 heavy (non-hydrogen) atoms. The highest BCUT2D eigenvalue weighted by atomic mass is 35.5. The Balaban J connectivity index is 2.10. The summed E-state index contributed by atoms with van der Waals surface area (Å²) in [6.07, 6.45) is 1.33. The van der Waals surface area contributed by atoms with Gasteiger partial charge in [0.25, 0.3) is 0 Å². The Bertz CT molecular complexity index is 484. The summed E-state index contributed by atoms with van der Waals surface area (Å²) in [6, 6.07) is 2.52. The van der Waals surface area contributed by atoms with Crippen molar-refractivity contribution in [3.05, 3.63) is 35.4 Å². The molecule has 0 aromatic heterocycles. The SMILES string of the molecule is O=C(O)C1CCCN1CC(Cl)c1cc(F)ccc1F. The van der Waals surface area contributed by atoms with Crippen LogP contribution in [-0.2, 0) is 4.79 Å². The molecule has 0 aliphatic carbocycles. The quantitative estimate of drug-likeness (QED) is 0.867. The van der Waals surface area contributed by atoms with Crippen molar-refractivity contribution < 1.29 is 18.7 Å². The first-order chi connectivity index (χ1) is 8.99. The number of likely N-dealkylation sites (tertiary alicyclic amines) is 1. The summed E-state index contributed by atoms with van der Waals surface area (Å²) >= 11 is 6.09. The number of hydrogen-bond acceptors (Lipinski definition) is 2. The number of hydrogen-bond donors (Lipinski definition) is 1. The zero-order valence-corrected chi connectivity index (χ0v) is 10.9. The molecular weight excluding hydrogens is 276 g/mol. The molecule has 1 aromatic carbocycles. The maximum absolute atomic E-state index is 13.6. The number of carboxylic acid groups (broad SMARTS) is 1. The Morgan fingerprint density at radius 1 is 1.53 bits per heavy atom. The lowest BCUT2D eigenvalue weighted by Crippen LogP contribution is -2.37. The molecule has 0 amide bonds. The largest absolute Gasteiger partial charge is 0.480 e. The smallest absolute Gasteiger partial charge is 0.320 e. The molecule has 1 saturated heterocycles. The van der Waals surface area contributed by atoms with E-state index < -0.39 is 29.0 Å². The van der Waals surface area contributed by atoms with Crippen LogP contribution in [0, 0.1) is 11.6 Å². The lowest BCUT2D eigenvalue weighted by molar-refractivity contribution is -0.142. The standard InChI is InChI=1S/C13H14ClF2NO2/c14-10(9-6-8(15)3-4-11(9)16)7-17-5-1-2-12(17)13(18)19/h3-4,6,10,12H,1-2,5,7H2,(H,18,19). The third-order valence-electron chi connectivity index (χ3n) is 3.34. The van der Waals surface area contributed by atoms with E-state index in [4.69, 9.17) is 16.7 Å². The molecule has 1 aliphatic rings. The molecule has 0 radical (unpaired) electrons. The molecule has 2 atom stereocenters. The van der Waals surface area contributed by atoms with Crippen LogP contribution in [0.1, 0.15) is 23.8 Å². The van der Waals surface area contributed by atoms with Gasteiger partial charge in [-0.15, -0.1) is 11.6 Å². The average molecular weight is 290 g/mol. The summed E-state index contributed by atoms with van der Waals surface area (Å²) in [5, 5.41) is 8.28. The minimum atomic E-state index is -0.902. The van der Waals surface area contributed by atoms with Crippen molar-refractivity contribution in [3.63, 3.8) is 0 Å². The minimum Gasteiger partial charge on any atom is -0.480 e. The van der Waals surface area contributed by atoms with E-state index in [0.717, 1.165) is 24.6 Å². The number of carboxylic acids is 1. The van der Waals surface area contributed by atoms with Crippen LogP contribution in [0.25, 0.3) is 0 Å². The van der Waals surface area contributed by atoms with E-state index in [1.54, 1.807) is 4.90 Å².